The highest BCUT2D eigenvalue weighted by Crippen LogP contribution is 2.24. The lowest BCUT2D eigenvalue weighted by Gasteiger charge is -2.10. The number of rotatable bonds is 4. The number of halogens is 1. The van der Waals surface area contributed by atoms with E-state index in [0.717, 1.165) is 21.4 Å². The number of anilines is 2. The molecule has 5 heteroatoms. The van der Waals surface area contributed by atoms with E-state index in [1.165, 1.54) is 6.92 Å². The second-order valence-electron chi connectivity index (χ2n) is 4.54. The van der Waals surface area contributed by atoms with E-state index in [0.29, 0.717) is 12.1 Å². The third-order valence-corrected chi connectivity index (χ3v) is 3.48. The summed E-state index contributed by atoms with van der Waals surface area (Å²) in [5.74, 6) is -0.0880. The highest BCUT2D eigenvalue weighted by Gasteiger charge is 2.02. The highest BCUT2D eigenvalue weighted by molar-refractivity contribution is 9.10. The number of nitrogens with one attached hydrogen (secondary N) is 2. The molecule has 2 N–H and O–H groups in total. The van der Waals surface area contributed by atoms with Gasteiger partial charge in [-0.2, -0.15) is 5.26 Å². The van der Waals surface area contributed by atoms with Crippen molar-refractivity contribution in [2.45, 2.75) is 13.5 Å². The van der Waals surface area contributed by atoms with Crippen LogP contribution in [-0.2, 0) is 11.3 Å². The Labute approximate surface area is 131 Å². The van der Waals surface area contributed by atoms with Crippen molar-refractivity contribution >= 4 is 33.2 Å². The van der Waals surface area contributed by atoms with Crippen LogP contribution in [0.4, 0.5) is 11.4 Å². The van der Waals surface area contributed by atoms with E-state index in [-0.39, 0.29) is 5.91 Å². The van der Waals surface area contributed by atoms with E-state index in [1.807, 2.05) is 30.3 Å². The molecule has 0 saturated heterocycles. The van der Waals surface area contributed by atoms with Crippen LogP contribution >= 0.6 is 15.9 Å². The SMILES string of the molecule is CC(=O)Nc1cccc(CNc2ccc(C#N)cc2Br)c1. The zero-order valence-electron chi connectivity index (χ0n) is 11.5. The van der Waals surface area contributed by atoms with Crippen molar-refractivity contribution in [3.8, 4) is 6.07 Å². The summed E-state index contributed by atoms with van der Waals surface area (Å²) in [5, 5.41) is 14.9. The maximum Gasteiger partial charge on any atom is 0.221 e. The number of nitriles is 1. The number of nitrogens with zero attached hydrogens (tertiary/aromatic N) is 1. The zero-order chi connectivity index (χ0) is 15.2. The van der Waals surface area contributed by atoms with Gasteiger partial charge < -0.3 is 10.6 Å². The van der Waals surface area contributed by atoms with Gasteiger partial charge in [-0.3, -0.25) is 4.79 Å². The van der Waals surface area contributed by atoms with Gasteiger partial charge in [-0.25, -0.2) is 0 Å². The molecule has 2 rings (SSSR count). The predicted molar refractivity (Wildman–Crippen MR) is 86.9 cm³/mol. The van der Waals surface area contributed by atoms with Crippen LogP contribution in [0.5, 0.6) is 0 Å². The molecule has 0 radical (unpaired) electrons. The van der Waals surface area contributed by atoms with Crippen molar-refractivity contribution in [3.05, 3.63) is 58.1 Å². The second kappa shape index (κ2) is 6.91. The molecule has 4 nitrogen and oxygen atoms in total. The van der Waals surface area contributed by atoms with Crippen LogP contribution in [0, 0.1) is 11.3 Å². The van der Waals surface area contributed by atoms with Crippen LogP contribution in [-0.4, -0.2) is 5.91 Å². The van der Waals surface area contributed by atoms with Crippen molar-refractivity contribution in [3.63, 3.8) is 0 Å². The molecule has 0 aliphatic heterocycles. The number of benzene rings is 2. The molecule has 0 fully saturated rings. The average Bonchev–Trinajstić information content (AvgIpc) is 2.45. The maximum atomic E-state index is 11.0. The molecule has 2 aromatic rings. The van der Waals surface area contributed by atoms with E-state index >= 15 is 0 Å². The number of hydrogen-bond acceptors (Lipinski definition) is 3. The predicted octanol–water partition coefficient (Wildman–Crippen LogP) is 3.89. The number of amides is 1. The Bertz CT molecular complexity index is 707. The molecule has 0 aromatic heterocycles. The smallest absolute Gasteiger partial charge is 0.221 e. The molecule has 1 amide bonds. The second-order valence-corrected chi connectivity index (χ2v) is 5.40. The van der Waals surface area contributed by atoms with E-state index in [9.17, 15) is 4.79 Å². The first kappa shape index (κ1) is 15.1. The van der Waals surface area contributed by atoms with Gasteiger partial charge in [0.05, 0.1) is 11.6 Å². The van der Waals surface area contributed by atoms with Gasteiger partial charge in [-0.1, -0.05) is 12.1 Å². The molecular weight excluding hydrogens is 330 g/mol. The third kappa shape index (κ3) is 4.33. The lowest BCUT2D eigenvalue weighted by molar-refractivity contribution is -0.114. The fraction of sp³-hybridized carbons (Fsp3) is 0.125. The molecule has 106 valence electrons. The summed E-state index contributed by atoms with van der Waals surface area (Å²) in [6.07, 6.45) is 0. The van der Waals surface area contributed by atoms with Gasteiger partial charge in [0, 0.05) is 29.3 Å². The molecule has 21 heavy (non-hydrogen) atoms. The summed E-state index contributed by atoms with van der Waals surface area (Å²) < 4.78 is 0.847. The van der Waals surface area contributed by atoms with Gasteiger partial charge in [-0.05, 0) is 51.8 Å². The van der Waals surface area contributed by atoms with Crippen molar-refractivity contribution in [2.75, 3.05) is 10.6 Å². The van der Waals surface area contributed by atoms with Crippen molar-refractivity contribution in [1.82, 2.24) is 0 Å². The molecule has 2 aromatic carbocycles. The van der Waals surface area contributed by atoms with E-state index in [4.69, 9.17) is 5.26 Å². The topological polar surface area (TPSA) is 64.9 Å². The minimum atomic E-state index is -0.0880. The van der Waals surface area contributed by atoms with Gasteiger partial charge >= 0.3 is 0 Å². The third-order valence-electron chi connectivity index (χ3n) is 2.83. The highest BCUT2D eigenvalue weighted by atomic mass is 79.9. The van der Waals surface area contributed by atoms with Gasteiger partial charge in [0.15, 0.2) is 0 Å². The molecule has 0 atom stereocenters. The number of hydrogen-bond donors (Lipinski definition) is 2. The average molecular weight is 344 g/mol. The fourth-order valence-electron chi connectivity index (χ4n) is 1.89. The minimum absolute atomic E-state index is 0.0880. The molecule has 0 saturated carbocycles. The van der Waals surface area contributed by atoms with Crippen LogP contribution < -0.4 is 10.6 Å². The van der Waals surface area contributed by atoms with Crippen LogP contribution in [0.3, 0.4) is 0 Å². The molecule has 0 unspecified atom stereocenters. The zero-order valence-corrected chi connectivity index (χ0v) is 13.1. The number of carbonyl (C=O) groups is 1. The largest absolute Gasteiger partial charge is 0.380 e. The summed E-state index contributed by atoms with van der Waals surface area (Å²) in [6.45, 7) is 2.11. The van der Waals surface area contributed by atoms with Crippen LogP contribution in [0.2, 0.25) is 0 Å². The Kier molecular flexibility index (Phi) is 4.96. The van der Waals surface area contributed by atoms with E-state index in [2.05, 4.69) is 32.6 Å². The fourth-order valence-corrected chi connectivity index (χ4v) is 2.41. The molecular formula is C16H14BrN3O. The van der Waals surface area contributed by atoms with Crippen LogP contribution in [0.15, 0.2) is 46.9 Å². The molecule has 0 aliphatic rings. The first-order chi connectivity index (χ1) is 10.1. The van der Waals surface area contributed by atoms with E-state index < -0.39 is 0 Å². The van der Waals surface area contributed by atoms with Gasteiger partial charge in [0.25, 0.3) is 0 Å². The molecule has 0 bridgehead atoms. The first-order valence-electron chi connectivity index (χ1n) is 6.38. The van der Waals surface area contributed by atoms with Gasteiger partial charge in [-0.15, -0.1) is 0 Å². The first-order valence-corrected chi connectivity index (χ1v) is 7.18. The summed E-state index contributed by atoms with van der Waals surface area (Å²) in [6, 6.07) is 15.1. The maximum absolute atomic E-state index is 11.0. The molecule has 0 spiro atoms. The molecule has 0 aliphatic carbocycles. The summed E-state index contributed by atoms with van der Waals surface area (Å²) in [4.78, 5) is 11.0. The number of carbonyl (C=O) groups excluding carboxylic acids is 1. The van der Waals surface area contributed by atoms with E-state index in [1.54, 1.807) is 12.1 Å². The summed E-state index contributed by atoms with van der Waals surface area (Å²) in [7, 11) is 0. The summed E-state index contributed by atoms with van der Waals surface area (Å²) in [5.41, 5.74) is 3.36. The van der Waals surface area contributed by atoms with Crippen molar-refractivity contribution in [1.29, 1.82) is 5.26 Å². The minimum Gasteiger partial charge on any atom is -0.380 e. The lowest BCUT2D eigenvalue weighted by atomic mass is 10.2. The Morgan fingerprint density at radius 1 is 1.29 bits per heavy atom. The van der Waals surface area contributed by atoms with Crippen molar-refractivity contribution in [2.24, 2.45) is 0 Å². The Morgan fingerprint density at radius 2 is 2.10 bits per heavy atom. The Hall–Kier alpha value is -2.32. The quantitative estimate of drug-likeness (QED) is 0.884. The summed E-state index contributed by atoms with van der Waals surface area (Å²) >= 11 is 3.44. The monoisotopic (exact) mass is 343 g/mol. The Morgan fingerprint density at radius 3 is 2.76 bits per heavy atom. The standard InChI is InChI=1S/C16H14BrN3O/c1-11(21)20-14-4-2-3-13(7-14)10-19-16-6-5-12(9-18)8-15(16)17/h2-8,19H,10H2,1H3,(H,20,21). The lowest BCUT2D eigenvalue weighted by Crippen LogP contribution is -2.06. The Balaban J connectivity index is 2.06. The van der Waals surface area contributed by atoms with Crippen molar-refractivity contribution < 1.29 is 4.79 Å². The van der Waals surface area contributed by atoms with Crippen LogP contribution in [0.1, 0.15) is 18.1 Å². The van der Waals surface area contributed by atoms with Gasteiger partial charge in [0.1, 0.15) is 0 Å². The molecule has 0 heterocycles. The van der Waals surface area contributed by atoms with Crippen LogP contribution in [0.25, 0.3) is 0 Å². The normalized spacial score (nSPS) is 9.76. The van der Waals surface area contributed by atoms with Gasteiger partial charge in [0.2, 0.25) is 5.91 Å².